The first kappa shape index (κ1) is 7.35. The minimum Gasteiger partial charge on any atom is -0.398 e. The van der Waals surface area contributed by atoms with Gasteiger partial charge in [0.15, 0.2) is 0 Å². The highest BCUT2D eigenvalue weighted by molar-refractivity contribution is 6.30. The second-order valence-corrected chi connectivity index (χ2v) is 2.38. The summed E-state index contributed by atoms with van der Waals surface area (Å²) in [6, 6.07) is 1.75. The van der Waals surface area contributed by atoms with Crippen molar-refractivity contribution in [3.05, 3.63) is 23.0 Å². The lowest BCUT2D eigenvalue weighted by Crippen LogP contribution is -1.94. The standard InChI is InChI=1S/C7H9ClN2/c1-2-5-6(9)3-4-10-7(5)8/h3-4H,2H2,1H3,(H2,9,10). The molecule has 0 amide bonds. The van der Waals surface area contributed by atoms with Crippen molar-refractivity contribution in [1.29, 1.82) is 0 Å². The van der Waals surface area contributed by atoms with E-state index in [1.165, 1.54) is 0 Å². The lowest BCUT2D eigenvalue weighted by Gasteiger charge is -2.01. The number of aromatic nitrogens is 1. The van der Waals surface area contributed by atoms with Gasteiger partial charge in [-0.2, -0.15) is 0 Å². The van der Waals surface area contributed by atoms with Gasteiger partial charge in [-0.3, -0.25) is 0 Å². The molecule has 2 nitrogen and oxygen atoms in total. The van der Waals surface area contributed by atoms with E-state index in [1.54, 1.807) is 12.3 Å². The maximum absolute atomic E-state index is 5.74. The number of pyridine rings is 1. The van der Waals surface area contributed by atoms with E-state index >= 15 is 0 Å². The Hall–Kier alpha value is -0.760. The first-order chi connectivity index (χ1) is 4.75. The third kappa shape index (κ3) is 1.21. The zero-order chi connectivity index (χ0) is 7.56. The Morgan fingerprint density at radius 3 is 2.80 bits per heavy atom. The van der Waals surface area contributed by atoms with Crippen LogP contribution in [-0.4, -0.2) is 4.98 Å². The summed E-state index contributed by atoms with van der Waals surface area (Å²) in [5.74, 6) is 0. The maximum Gasteiger partial charge on any atom is 0.134 e. The van der Waals surface area contributed by atoms with Crippen LogP contribution in [0.2, 0.25) is 5.15 Å². The van der Waals surface area contributed by atoms with Crippen LogP contribution in [-0.2, 0) is 6.42 Å². The highest BCUT2D eigenvalue weighted by atomic mass is 35.5. The third-order valence-electron chi connectivity index (χ3n) is 1.39. The fourth-order valence-electron chi connectivity index (χ4n) is 0.831. The summed E-state index contributed by atoms with van der Waals surface area (Å²) in [6.45, 7) is 2.00. The van der Waals surface area contributed by atoms with Gasteiger partial charge in [0.05, 0.1) is 0 Å². The molecule has 3 heteroatoms. The van der Waals surface area contributed by atoms with Crippen LogP contribution in [0.1, 0.15) is 12.5 Å². The molecule has 0 radical (unpaired) electrons. The second-order valence-electron chi connectivity index (χ2n) is 2.02. The van der Waals surface area contributed by atoms with E-state index in [9.17, 15) is 0 Å². The number of hydrogen-bond acceptors (Lipinski definition) is 2. The summed E-state index contributed by atoms with van der Waals surface area (Å²) in [5.41, 5.74) is 7.27. The van der Waals surface area contributed by atoms with Crippen molar-refractivity contribution in [2.75, 3.05) is 5.73 Å². The summed E-state index contributed by atoms with van der Waals surface area (Å²) >= 11 is 5.74. The molecule has 0 atom stereocenters. The monoisotopic (exact) mass is 156 g/mol. The molecule has 54 valence electrons. The largest absolute Gasteiger partial charge is 0.398 e. The van der Waals surface area contributed by atoms with Gasteiger partial charge in [0.1, 0.15) is 5.15 Å². The summed E-state index contributed by atoms with van der Waals surface area (Å²) < 4.78 is 0. The predicted molar refractivity (Wildman–Crippen MR) is 43.0 cm³/mol. The number of nitrogens with zero attached hydrogens (tertiary/aromatic N) is 1. The average Bonchev–Trinajstić information content (AvgIpc) is 1.88. The topological polar surface area (TPSA) is 38.9 Å². The molecule has 1 aromatic heterocycles. The second kappa shape index (κ2) is 2.88. The lowest BCUT2D eigenvalue weighted by atomic mass is 10.2. The number of nitrogen functional groups attached to an aromatic ring is 1. The molecule has 0 saturated carbocycles. The van der Waals surface area contributed by atoms with Gasteiger partial charge in [0.2, 0.25) is 0 Å². The Labute approximate surface area is 65.0 Å². The van der Waals surface area contributed by atoms with Crippen LogP contribution in [0, 0.1) is 0 Å². The maximum atomic E-state index is 5.74. The van der Waals surface area contributed by atoms with E-state index in [2.05, 4.69) is 4.98 Å². The minimum atomic E-state index is 0.516. The van der Waals surface area contributed by atoms with Gasteiger partial charge in [0, 0.05) is 17.4 Å². The fourth-order valence-corrected chi connectivity index (χ4v) is 1.13. The molecule has 0 spiro atoms. The quantitative estimate of drug-likeness (QED) is 0.631. The van der Waals surface area contributed by atoms with Crippen LogP contribution in [0.25, 0.3) is 0 Å². The molecule has 0 aromatic carbocycles. The van der Waals surface area contributed by atoms with Crippen molar-refractivity contribution in [3.63, 3.8) is 0 Å². The van der Waals surface area contributed by atoms with Crippen molar-refractivity contribution in [3.8, 4) is 0 Å². The molecular formula is C7H9ClN2. The fraction of sp³-hybridized carbons (Fsp3) is 0.286. The molecule has 2 N–H and O–H groups in total. The Morgan fingerprint density at radius 1 is 1.70 bits per heavy atom. The van der Waals surface area contributed by atoms with E-state index in [0.717, 1.165) is 17.7 Å². The lowest BCUT2D eigenvalue weighted by molar-refractivity contribution is 1.11. The van der Waals surface area contributed by atoms with Crippen molar-refractivity contribution in [2.24, 2.45) is 0 Å². The minimum absolute atomic E-state index is 0.516. The molecule has 1 rings (SSSR count). The summed E-state index contributed by atoms with van der Waals surface area (Å²) in [7, 11) is 0. The van der Waals surface area contributed by atoms with Crippen molar-refractivity contribution in [1.82, 2.24) is 4.98 Å². The number of rotatable bonds is 1. The molecule has 0 bridgehead atoms. The highest BCUT2D eigenvalue weighted by Crippen LogP contribution is 2.18. The molecule has 1 aromatic rings. The smallest absolute Gasteiger partial charge is 0.134 e. The van der Waals surface area contributed by atoms with Crippen LogP contribution < -0.4 is 5.73 Å². The predicted octanol–water partition coefficient (Wildman–Crippen LogP) is 1.88. The number of nitrogens with two attached hydrogens (primary N) is 1. The van der Waals surface area contributed by atoms with E-state index in [1.807, 2.05) is 6.92 Å². The Kier molecular flexibility index (Phi) is 2.12. The summed E-state index contributed by atoms with van der Waals surface area (Å²) in [4.78, 5) is 3.90. The first-order valence-electron chi connectivity index (χ1n) is 3.14. The molecule has 0 saturated heterocycles. The van der Waals surface area contributed by atoms with Gasteiger partial charge in [-0.05, 0) is 12.5 Å². The van der Waals surface area contributed by atoms with Crippen LogP contribution in [0.4, 0.5) is 5.69 Å². The molecular weight excluding hydrogens is 148 g/mol. The Morgan fingerprint density at radius 2 is 2.40 bits per heavy atom. The van der Waals surface area contributed by atoms with Crippen LogP contribution in [0.5, 0.6) is 0 Å². The van der Waals surface area contributed by atoms with E-state index in [0.29, 0.717) is 5.15 Å². The zero-order valence-corrected chi connectivity index (χ0v) is 6.52. The molecule has 0 aliphatic carbocycles. The van der Waals surface area contributed by atoms with Crippen molar-refractivity contribution < 1.29 is 0 Å². The number of halogens is 1. The van der Waals surface area contributed by atoms with Gasteiger partial charge in [0.25, 0.3) is 0 Å². The Bertz CT molecular complexity index is 215. The molecule has 0 fully saturated rings. The van der Waals surface area contributed by atoms with E-state index in [4.69, 9.17) is 17.3 Å². The normalized spacial score (nSPS) is 9.80. The van der Waals surface area contributed by atoms with Gasteiger partial charge in [-0.15, -0.1) is 0 Å². The van der Waals surface area contributed by atoms with E-state index < -0.39 is 0 Å². The highest BCUT2D eigenvalue weighted by Gasteiger charge is 2.00. The molecule has 0 aliphatic heterocycles. The first-order valence-corrected chi connectivity index (χ1v) is 3.52. The summed E-state index contributed by atoms with van der Waals surface area (Å²) in [5, 5.41) is 0.516. The van der Waals surface area contributed by atoms with Crippen LogP contribution in [0.3, 0.4) is 0 Å². The number of hydrogen-bond donors (Lipinski definition) is 1. The zero-order valence-electron chi connectivity index (χ0n) is 5.76. The molecule has 1 heterocycles. The SMILES string of the molecule is CCc1c(N)ccnc1Cl. The van der Waals surface area contributed by atoms with Crippen LogP contribution >= 0.6 is 11.6 Å². The van der Waals surface area contributed by atoms with Gasteiger partial charge in [-0.25, -0.2) is 4.98 Å². The van der Waals surface area contributed by atoms with Crippen molar-refractivity contribution >= 4 is 17.3 Å². The van der Waals surface area contributed by atoms with Gasteiger partial charge >= 0.3 is 0 Å². The molecule has 0 unspecified atom stereocenters. The van der Waals surface area contributed by atoms with Crippen molar-refractivity contribution in [2.45, 2.75) is 13.3 Å². The molecule has 0 aliphatic rings. The summed E-state index contributed by atoms with van der Waals surface area (Å²) in [6.07, 6.45) is 2.44. The number of anilines is 1. The van der Waals surface area contributed by atoms with Gasteiger partial charge in [-0.1, -0.05) is 18.5 Å². The Balaban J connectivity index is 3.17. The average molecular weight is 157 g/mol. The van der Waals surface area contributed by atoms with E-state index in [-0.39, 0.29) is 0 Å². The third-order valence-corrected chi connectivity index (χ3v) is 1.72. The molecule has 10 heavy (non-hydrogen) atoms. The van der Waals surface area contributed by atoms with Crippen LogP contribution in [0.15, 0.2) is 12.3 Å². The van der Waals surface area contributed by atoms with Gasteiger partial charge < -0.3 is 5.73 Å².